The first-order valence-corrected chi connectivity index (χ1v) is 32.3. The number of hydrogen-bond donors (Lipinski definition) is 0. The number of unbranched alkanes of at least 4 members (excludes halogenated alkanes) is 4. The van der Waals surface area contributed by atoms with E-state index in [1.807, 2.05) is 111 Å². The Morgan fingerprint density at radius 3 is 0.515 bits per heavy atom. The van der Waals surface area contributed by atoms with Gasteiger partial charge < -0.3 is 0 Å². The molecule has 0 bridgehead atoms. The van der Waals surface area contributed by atoms with E-state index in [1.54, 1.807) is 0 Å². The third-order valence-corrected chi connectivity index (χ3v) is 13.8. The molecule has 0 heteroatoms. The zero-order valence-corrected chi connectivity index (χ0v) is 57.4. The lowest BCUT2D eigenvalue weighted by molar-refractivity contribution is 0.138. The van der Waals surface area contributed by atoms with Gasteiger partial charge in [-0.1, -0.05) is 340 Å². The predicted octanol–water partition coefficient (Wildman–Crippen LogP) is 27.5. The third kappa shape index (κ3) is 72.5. The Labute approximate surface area is 446 Å². The Hall–Kier alpha value is 0. The molecule has 0 aliphatic carbocycles. The van der Waals surface area contributed by atoms with Crippen LogP contribution in [0.5, 0.6) is 0 Å². The molecule has 10 atom stereocenters. The average Bonchev–Trinajstić information content (AvgIpc) is 3.36. The monoisotopic (exact) mass is 977 g/mol. The van der Waals surface area contributed by atoms with Crippen molar-refractivity contribution in [2.75, 3.05) is 0 Å². The van der Waals surface area contributed by atoms with Gasteiger partial charge in [-0.3, -0.25) is 0 Å². The summed E-state index contributed by atoms with van der Waals surface area (Å²) in [5.41, 5.74) is 0. The van der Waals surface area contributed by atoms with Crippen molar-refractivity contribution >= 4 is 0 Å². The summed E-state index contributed by atoms with van der Waals surface area (Å²) in [5, 5.41) is 0. The van der Waals surface area contributed by atoms with Crippen molar-refractivity contribution in [3.8, 4) is 0 Å². The maximum absolute atomic E-state index is 2.52. The van der Waals surface area contributed by atoms with E-state index in [2.05, 4.69) is 152 Å². The van der Waals surface area contributed by atoms with Crippen LogP contribution in [0.4, 0.5) is 0 Å². The fourth-order valence-corrected chi connectivity index (χ4v) is 8.02. The van der Waals surface area contributed by atoms with Crippen LogP contribution < -0.4 is 0 Å². The molecule has 10 unspecified atom stereocenters. The molecule has 0 aliphatic heterocycles. The van der Waals surface area contributed by atoms with Crippen LogP contribution in [0.1, 0.15) is 366 Å². The van der Waals surface area contributed by atoms with E-state index in [-0.39, 0.29) is 0 Å². The van der Waals surface area contributed by atoms with Crippen LogP contribution in [0.25, 0.3) is 0 Å². The Kier molecular flexibility index (Phi) is 124. The van der Waals surface area contributed by atoms with Gasteiger partial charge in [-0.05, 0) is 109 Å². The molecule has 0 spiro atoms. The van der Waals surface area contributed by atoms with Crippen molar-refractivity contribution in [2.24, 2.45) is 82.9 Å². The van der Waals surface area contributed by atoms with Crippen molar-refractivity contribution in [1.82, 2.24) is 0 Å². The summed E-state index contributed by atoms with van der Waals surface area (Å²) >= 11 is 0. The minimum Gasteiger partial charge on any atom is -0.0683 e. The number of hydrogen-bond acceptors (Lipinski definition) is 0. The van der Waals surface area contributed by atoms with Crippen LogP contribution in [-0.4, -0.2) is 0 Å². The van der Waals surface area contributed by atoms with Crippen LogP contribution in [-0.2, 0) is 0 Å². The second kappa shape index (κ2) is 86.8. The minimum atomic E-state index is 0.821. The van der Waals surface area contributed by atoms with Gasteiger partial charge in [0.25, 0.3) is 0 Å². The van der Waals surface area contributed by atoms with Crippen LogP contribution >= 0.6 is 0 Å². The van der Waals surface area contributed by atoms with E-state index < -0.39 is 0 Å². The molecule has 0 aliphatic rings. The van der Waals surface area contributed by atoms with Gasteiger partial charge in [-0.25, -0.2) is 0 Å². The van der Waals surface area contributed by atoms with Gasteiger partial charge in [0.15, 0.2) is 0 Å². The number of rotatable bonds is 26. The van der Waals surface area contributed by atoms with E-state index in [9.17, 15) is 0 Å². The van der Waals surface area contributed by atoms with Crippen molar-refractivity contribution in [1.29, 1.82) is 0 Å². The summed E-state index contributed by atoms with van der Waals surface area (Å²) < 4.78 is 0. The molecule has 0 heterocycles. The molecule has 0 radical (unpaired) electrons. The molecule has 0 rings (SSSR count). The van der Waals surface area contributed by atoms with Crippen LogP contribution in [0, 0.1) is 82.9 Å². The third-order valence-electron chi connectivity index (χ3n) is 13.8. The molecule has 0 nitrogen and oxygen atoms in total. The zero-order valence-electron chi connectivity index (χ0n) is 57.4. The molecule has 0 N–H and O–H groups in total. The molecule has 0 aromatic carbocycles. The van der Waals surface area contributed by atoms with Gasteiger partial charge in [0, 0.05) is 0 Å². The first-order valence-electron chi connectivity index (χ1n) is 32.3. The maximum Gasteiger partial charge on any atom is -0.0357 e. The summed E-state index contributed by atoms with van der Waals surface area (Å²) in [6.45, 7) is 84.4. The van der Waals surface area contributed by atoms with E-state index in [1.165, 1.54) is 103 Å². The molecular formula is C68H160. The molecule has 0 fully saturated rings. The normalized spacial score (nSPS) is 14.0. The smallest absolute Gasteiger partial charge is 0.0357 e. The van der Waals surface area contributed by atoms with E-state index >= 15 is 0 Å². The second-order valence-corrected chi connectivity index (χ2v) is 19.7. The van der Waals surface area contributed by atoms with Crippen molar-refractivity contribution in [3.05, 3.63) is 0 Å². The summed E-state index contributed by atoms with van der Waals surface area (Å²) in [4.78, 5) is 0. The van der Waals surface area contributed by atoms with Gasteiger partial charge in [-0.2, -0.15) is 0 Å². The predicted molar refractivity (Wildman–Crippen MR) is 338 cm³/mol. The lowest BCUT2D eigenvalue weighted by atomic mass is 9.69. The Morgan fingerprint density at radius 1 is 0.221 bits per heavy atom. The molecule has 0 aromatic heterocycles. The topological polar surface area (TPSA) is 0 Å². The van der Waals surface area contributed by atoms with Crippen molar-refractivity contribution in [3.63, 3.8) is 0 Å². The van der Waals surface area contributed by atoms with E-state index in [0.29, 0.717) is 0 Å². The average molecular weight is 978 g/mol. The first kappa shape index (κ1) is 97.3. The van der Waals surface area contributed by atoms with Gasteiger partial charge in [0.1, 0.15) is 0 Å². The van der Waals surface area contributed by atoms with Crippen LogP contribution in [0.2, 0.25) is 0 Å². The van der Waals surface area contributed by atoms with E-state index in [0.717, 1.165) is 82.9 Å². The molecule has 0 aromatic rings. The van der Waals surface area contributed by atoms with Gasteiger partial charge in [0.05, 0.1) is 0 Å². The molecule has 0 saturated heterocycles. The Balaban J connectivity index is -0.0000000616. The largest absolute Gasteiger partial charge is 0.0683 e. The standard InChI is InChI=1S/2C21H44.2C5H12.8C2H6/c2*1-10-12-17(7)21(14-19(9)16(5)6)20(11-2)13-18(8)15(3)4;2*1-3-5-4-2;8*1-2/h2*15-21H,10-14H2,1-9H3;2*3-5H2,1-2H3;8*1-2H3. The Bertz CT molecular complexity index is 610. The van der Waals surface area contributed by atoms with E-state index in [4.69, 9.17) is 0 Å². The highest BCUT2D eigenvalue weighted by atomic mass is 14.4. The van der Waals surface area contributed by atoms with Crippen molar-refractivity contribution in [2.45, 2.75) is 366 Å². The fraction of sp³-hybridized carbons (Fsp3) is 1.00. The molecule has 0 saturated carbocycles. The highest BCUT2D eigenvalue weighted by Crippen LogP contribution is 2.40. The van der Waals surface area contributed by atoms with Gasteiger partial charge in [0.2, 0.25) is 0 Å². The molecule has 432 valence electrons. The first-order chi connectivity index (χ1) is 32.3. The highest BCUT2D eigenvalue weighted by molar-refractivity contribution is 4.80. The molecular weight excluding hydrogens is 817 g/mol. The summed E-state index contributed by atoms with van der Waals surface area (Å²) in [6, 6.07) is 0. The maximum atomic E-state index is 2.52. The Morgan fingerprint density at radius 2 is 0.397 bits per heavy atom. The molecule has 0 amide bonds. The summed E-state index contributed by atoms with van der Waals surface area (Å²) in [6.07, 6.45) is 22.1. The van der Waals surface area contributed by atoms with Crippen molar-refractivity contribution < 1.29 is 0 Å². The molecule has 68 heavy (non-hydrogen) atoms. The lowest BCUT2D eigenvalue weighted by Gasteiger charge is -2.36. The van der Waals surface area contributed by atoms with Crippen LogP contribution in [0.15, 0.2) is 0 Å². The summed E-state index contributed by atoms with van der Waals surface area (Å²) in [7, 11) is 0. The van der Waals surface area contributed by atoms with Gasteiger partial charge in [-0.15, -0.1) is 0 Å². The quantitative estimate of drug-likeness (QED) is 0.0810. The fourth-order valence-electron chi connectivity index (χ4n) is 8.02. The van der Waals surface area contributed by atoms with Gasteiger partial charge >= 0.3 is 0 Å². The lowest BCUT2D eigenvalue weighted by Crippen LogP contribution is -2.27. The minimum absolute atomic E-state index is 0.821. The zero-order chi connectivity index (χ0) is 57.4. The SMILES string of the molecule is CC.CC.CC.CC.CC.CC.CC.CC.CCCC(C)C(CC(C)C(C)C)C(CC)CC(C)C(C)C.CCCC(C)C(CC(C)C(C)C)C(CC)CC(C)C(C)C.CCCCC.CCCCC. The second-order valence-electron chi connectivity index (χ2n) is 19.7. The summed E-state index contributed by atoms with van der Waals surface area (Å²) in [5.74, 6) is 12.2. The highest BCUT2D eigenvalue weighted by Gasteiger charge is 2.30. The van der Waals surface area contributed by atoms with Crippen LogP contribution in [0.3, 0.4) is 0 Å².